The fraction of sp³-hybridized carbons (Fsp3) is 0.381. The van der Waals surface area contributed by atoms with Gasteiger partial charge in [0.2, 0.25) is 5.91 Å². The molecule has 2 aromatic rings. The van der Waals surface area contributed by atoms with E-state index >= 15 is 0 Å². The summed E-state index contributed by atoms with van der Waals surface area (Å²) in [4.78, 5) is 15.0. The third kappa shape index (κ3) is 6.82. The molecule has 0 saturated carbocycles. The molecular weight excluding hydrogens is 381 g/mol. The highest BCUT2D eigenvalue weighted by atomic mass is 35.5. The van der Waals surface area contributed by atoms with Crippen molar-refractivity contribution in [1.29, 1.82) is 0 Å². The minimum atomic E-state index is -1.05. The topological polar surface area (TPSA) is 58.4 Å². The van der Waals surface area contributed by atoms with E-state index in [1.807, 2.05) is 42.5 Å². The second kappa shape index (κ2) is 12.0. The van der Waals surface area contributed by atoms with Crippen LogP contribution in [0.2, 0.25) is 0 Å². The molecule has 0 spiro atoms. The molecule has 1 amide bonds. The summed E-state index contributed by atoms with van der Waals surface area (Å²) in [6, 6.07) is 17.7. The van der Waals surface area contributed by atoms with E-state index in [-0.39, 0.29) is 30.7 Å². The van der Waals surface area contributed by atoms with Crippen LogP contribution in [-0.4, -0.2) is 23.9 Å². The van der Waals surface area contributed by atoms with Crippen LogP contribution >= 0.6 is 24.8 Å². The summed E-state index contributed by atoms with van der Waals surface area (Å²) < 4.78 is 0. The fourth-order valence-electron chi connectivity index (χ4n) is 2.85. The van der Waals surface area contributed by atoms with Crippen LogP contribution in [0.4, 0.5) is 0 Å². The second-order valence-electron chi connectivity index (χ2n) is 6.48. The van der Waals surface area contributed by atoms with Crippen molar-refractivity contribution in [1.82, 2.24) is 10.2 Å². The Kier molecular flexibility index (Phi) is 11.3. The lowest BCUT2D eigenvalue weighted by Crippen LogP contribution is -2.48. The van der Waals surface area contributed by atoms with E-state index in [4.69, 9.17) is 5.73 Å². The van der Waals surface area contributed by atoms with E-state index in [1.54, 1.807) is 6.92 Å². The SMILES string of the molecule is CCN(CC)Cc1ccccc1CNC(=O)C(C)(N)c1ccccc1.Cl.Cl. The summed E-state index contributed by atoms with van der Waals surface area (Å²) in [5, 5.41) is 3.00. The second-order valence-corrected chi connectivity index (χ2v) is 6.48. The number of rotatable bonds is 8. The molecule has 0 aliphatic heterocycles. The van der Waals surface area contributed by atoms with Gasteiger partial charge in [-0.3, -0.25) is 9.69 Å². The van der Waals surface area contributed by atoms with Gasteiger partial charge in [-0.05, 0) is 36.7 Å². The number of hydrogen-bond donors (Lipinski definition) is 2. The molecule has 0 fully saturated rings. The Bertz CT molecular complexity index is 689. The Morgan fingerprint density at radius 3 is 2.04 bits per heavy atom. The van der Waals surface area contributed by atoms with Gasteiger partial charge in [-0.15, -0.1) is 24.8 Å². The predicted molar refractivity (Wildman–Crippen MR) is 117 cm³/mol. The van der Waals surface area contributed by atoms with Crippen molar-refractivity contribution >= 4 is 30.7 Å². The number of carbonyl (C=O) groups excluding carboxylic acids is 1. The van der Waals surface area contributed by atoms with Crippen LogP contribution in [0.3, 0.4) is 0 Å². The van der Waals surface area contributed by atoms with E-state index in [0.717, 1.165) is 30.8 Å². The van der Waals surface area contributed by atoms with Crippen LogP contribution in [0.1, 0.15) is 37.5 Å². The molecule has 0 aromatic heterocycles. The number of carbonyl (C=O) groups is 1. The first-order chi connectivity index (χ1) is 12.0. The molecular formula is C21H31Cl2N3O. The lowest BCUT2D eigenvalue weighted by atomic mass is 9.92. The highest BCUT2D eigenvalue weighted by Gasteiger charge is 2.30. The van der Waals surface area contributed by atoms with Gasteiger partial charge in [-0.2, -0.15) is 0 Å². The molecule has 1 atom stereocenters. The van der Waals surface area contributed by atoms with Crippen LogP contribution in [0.15, 0.2) is 54.6 Å². The van der Waals surface area contributed by atoms with E-state index in [2.05, 4.69) is 36.2 Å². The Hall–Kier alpha value is -1.59. The van der Waals surface area contributed by atoms with Crippen molar-refractivity contribution in [2.45, 2.75) is 39.4 Å². The Morgan fingerprint density at radius 1 is 0.963 bits per heavy atom. The van der Waals surface area contributed by atoms with Gasteiger partial charge in [0.15, 0.2) is 0 Å². The lowest BCUT2D eigenvalue weighted by Gasteiger charge is -2.25. The summed E-state index contributed by atoms with van der Waals surface area (Å²) in [6.07, 6.45) is 0. The molecule has 0 aliphatic rings. The summed E-state index contributed by atoms with van der Waals surface area (Å²) in [5.74, 6) is -0.170. The number of nitrogens with two attached hydrogens (primary N) is 1. The van der Waals surface area contributed by atoms with Crippen molar-refractivity contribution in [3.8, 4) is 0 Å². The molecule has 6 heteroatoms. The zero-order valence-corrected chi connectivity index (χ0v) is 17.9. The average Bonchev–Trinajstić information content (AvgIpc) is 2.65. The van der Waals surface area contributed by atoms with Gasteiger partial charge in [-0.25, -0.2) is 0 Å². The van der Waals surface area contributed by atoms with Crippen LogP contribution < -0.4 is 11.1 Å². The standard InChI is InChI=1S/C21H29N3O.2ClH/c1-4-24(5-2)16-18-12-10-9-11-17(18)15-23-20(25)21(3,22)19-13-7-6-8-14-19;;/h6-14H,4-5,15-16,22H2,1-3H3,(H,23,25);2*1H. The Balaban J connectivity index is 0.00000338. The maximum Gasteiger partial charge on any atom is 0.244 e. The Labute approximate surface area is 175 Å². The maximum absolute atomic E-state index is 12.6. The van der Waals surface area contributed by atoms with Crippen LogP contribution in [-0.2, 0) is 23.4 Å². The minimum absolute atomic E-state index is 0. The first-order valence-electron chi connectivity index (χ1n) is 8.90. The van der Waals surface area contributed by atoms with E-state index in [0.29, 0.717) is 6.54 Å². The summed E-state index contributed by atoms with van der Waals surface area (Å²) in [6.45, 7) is 9.45. The monoisotopic (exact) mass is 411 g/mol. The van der Waals surface area contributed by atoms with Gasteiger partial charge in [0.1, 0.15) is 5.54 Å². The highest BCUT2D eigenvalue weighted by Crippen LogP contribution is 2.18. The van der Waals surface area contributed by atoms with Crippen molar-refractivity contribution < 1.29 is 4.79 Å². The fourth-order valence-corrected chi connectivity index (χ4v) is 2.85. The predicted octanol–water partition coefficient (Wildman–Crippen LogP) is 3.86. The molecule has 3 N–H and O–H groups in total. The summed E-state index contributed by atoms with van der Waals surface area (Å²) in [5.41, 5.74) is 8.42. The molecule has 2 aromatic carbocycles. The molecule has 0 bridgehead atoms. The number of hydrogen-bond acceptors (Lipinski definition) is 3. The molecule has 27 heavy (non-hydrogen) atoms. The summed E-state index contributed by atoms with van der Waals surface area (Å²) in [7, 11) is 0. The normalized spacial score (nSPS) is 12.5. The first-order valence-corrected chi connectivity index (χ1v) is 8.90. The zero-order chi connectivity index (χ0) is 18.3. The number of amides is 1. The molecule has 2 rings (SSSR count). The third-order valence-corrected chi connectivity index (χ3v) is 4.69. The summed E-state index contributed by atoms with van der Waals surface area (Å²) >= 11 is 0. The average molecular weight is 412 g/mol. The van der Waals surface area contributed by atoms with Crippen LogP contribution in [0.5, 0.6) is 0 Å². The largest absolute Gasteiger partial charge is 0.350 e. The third-order valence-electron chi connectivity index (χ3n) is 4.69. The van der Waals surface area contributed by atoms with Gasteiger partial charge < -0.3 is 11.1 Å². The molecule has 4 nitrogen and oxygen atoms in total. The van der Waals surface area contributed by atoms with E-state index < -0.39 is 5.54 Å². The number of nitrogens with zero attached hydrogens (tertiary/aromatic N) is 1. The highest BCUT2D eigenvalue weighted by molar-refractivity contribution is 5.87. The van der Waals surface area contributed by atoms with Crippen LogP contribution in [0, 0.1) is 0 Å². The molecule has 0 heterocycles. The maximum atomic E-state index is 12.6. The van der Waals surface area contributed by atoms with Gasteiger partial charge in [0.25, 0.3) is 0 Å². The molecule has 0 aliphatic carbocycles. The number of halogens is 2. The van der Waals surface area contributed by atoms with Crippen molar-refractivity contribution in [2.24, 2.45) is 5.73 Å². The van der Waals surface area contributed by atoms with Gasteiger partial charge in [0, 0.05) is 13.1 Å². The number of nitrogens with one attached hydrogen (secondary N) is 1. The van der Waals surface area contributed by atoms with Crippen LogP contribution in [0.25, 0.3) is 0 Å². The Morgan fingerprint density at radius 2 is 1.48 bits per heavy atom. The van der Waals surface area contributed by atoms with Gasteiger partial charge >= 0.3 is 0 Å². The molecule has 1 unspecified atom stereocenters. The van der Waals surface area contributed by atoms with Crippen molar-refractivity contribution in [2.75, 3.05) is 13.1 Å². The number of benzene rings is 2. The molecule has 0 radical (unpaired) electrons. The quantitative estimate of drug-likeness (QED) is 0.692. The zero-order valence-electron chi connectivity index (χ0n) is 16.3. The molecule has 150 valence electrons. The van der Waals surface area contributed by atoms with Crippen molar-refractivity contribution in [3.05, 3.63) is 71.3 Å². The molecule has 0 saturated heterocycles. The van der Waals surface area contributed by atoms with Gasteiger partial charge in [0.05, 0.1) is 0 Å². The lowest BCUT2D eigenvalue weighted by molar-refractivity contribution is -0.126. The van der Waals surface area contributed by atoms with Gasteiger partial charge in [-0.1, -0.05) is 68.4 Å². The van der Waals surface area contributed by atoms with Crippen molar-refractivity contribution in [3.63, 3.8) is 0 Å². The minimum Gasteiger partial charge on any atom is -0.350 e. The smallest absolute Gasteiger partial charge is 0.244 e. The van der Waals surface area contributed by atoms with E-state index in [9.17, 15) is 4.79 Å². The first kappa shape index (κ1) is 25.4. The van der Waals surface area contributed by atoms with E-state index in [1.165, 1.54) is 5.56 Å².